The normalized spacial score (nSPS) is 10.8. The summed E-state index contributed by atoms with van der Waals surface area (Å²) in [6.07, 6.45) is 0. The summed E-state index contributed by atoms with van der Waals surface area (Å²) < 4.78 is 2.68. The van der Waals surface area contributed by atoms with E-state index in [1.54, 1.807) is 22.7 Å². The summed E-state index contributed by atoms with van der Waals surface area (Å²) in [6, 6.07) is 21.1. The highest BCUT2D eigenvalue weighted by Gasteiger charge is 2.14. The van der Waals surface area contributed by atoms with Crippen LogP contribution in [0.2, 0.25) is 5.02 Å². The van der Waals surface area contributed by atoms with E-state index in [1.807, 2.05) is 42.5 Å². The summed E-state index contributed by atoms with van der Waals surface area (Å²) in [5.74, 6) is 0.529. The van der Waals surface area contributed by atoms with Crippen molar-refractivity contribution in [3.8, 4) is 28.7 Å². The number of benzene rings is 2. The van der Waals surface area contributed by atoms with Gasteiger partial charge in [0.25, 0.3) is 0 Å². The highest BCUT2D eigenvalue weighted by Crippen LogP contribution is 2.27. The fraction of sp³-hybridized carbons (Fsp3) is 0. The molecule has 4 nitrogen and oxygen atoms in total. The predicted octanol–water partition coefficient (Wildman–Crippen LogP) is 5.35. The molecular formula is C19H10BrClN4. The second-order valence-electron chi connectivity index (χ2n) is 5.44. The molecule has 2 heterocycles. The SMILES string of the molecule is N#Cc1ccc(-c2cccc(Br)c2)n2nc(-c3cccc(Cl)c3)nc12. The van der Waals surface area contributed by atoms with Gasteiger partial charge in [0.2, 0.25) is 0 Å². The standard InChI is InChI=1S/C19H10BrClN4/c20-15-5-1-3-12(9-15)17-8-7-14(11-22)19-23-18(24-25(17)19)13-4-2-6-16(21)10-13/h1-10H. The lowest BCUT2D eigenvalue weighted by Gasteiger charge is -2.05. The first-order chi connectivity index (χ1) is 12.2. The number of fused-ring (bicyclic) bond motifs is 1. The fourth-order valence-electron chi connectivity index (χ4n) is 2.67. The molecule has 0 aliphatic rings. The molecule has 0 fully saturated rings. The first kappa shape index (κ1) is 15.8. The van der Waals surface area contributed by atoms with E-state index < -0.39 is 0 Å². The van der Waals surface area contributed by atoms with Gasteiger partial charge < -0.3 is 0 Å². The van der Waals surface area contributed by atoms with E-state index in [0.717, 1.165) is 21.3 Å². The number of hydrogen-bond acceptors (Lipinski definition) is 3. The molecule has 0 saturated carbocycles. The molecule has 2 aromatic carbocycles. The van der Waals surface area contributed by atoms with Crippen LogP contribution < -0.4 is 0 Å². The number of aromatic nitrogens is 3. The summed E-state index contributed by atoms with van der Waals surface area (Å²) in [5.41, 5.74) is 3.64. The fourth-order valence-corrected chi connectivity index (χ4v) is 3.25. The third-order valence-electron chi connectivity index (χ3n) is 3.81. The molecule has 25 heavy (non-hydrogen) atoms. The van der Waals surface area contributed by atoms with Crippen molar-refractivity contribution in [1.29, 1.82) is 5.26 Å². The Morgan fingerprint density at radius 1 is 1.00 bits per heavy atom. The Morgan fingerprint density at radius 3 is 2.56 bits per heavy atom. The van der Waals surface area contributed by atoms with Gasteiger partial charge in [0, 0.05) is 20.6 Å². The molecule has 4 rings (SSSR count). The smallest absolute Gasteiger partial charge is 0.182 e. The zero-order valence-corrected chi connectivity index (χ0v) is 15.2. The van der Waals surface area contributed by atoms with Gasteiger partial charge in [-0.1, -0.05) is 51.8 Å². The number of nitriles is 1. The number of halogens is 2. The molecule has 0 saturated heterocycles. The van der Waals surface area contributed by atoms with E-state index in [9.17, 15) is 5.26 Å². The van der Waals surface area contributed by atoms with Crippen LogP contribution in [0.5, 0.6) is 0 Å². The molecule has 0 atom stereocenters. The minimum absolute atomic E-state index is 0.472. The largest absolute Gasteiger partial charge is 0.211 e. The zero-order chi connectivity index (χ0) is 17.4. The Bertz CT molecular complexity index is 1140. The van der Waals surface area contributed by atoms with E-state index in [2.05, 4.69) is 32.1 Å². The van der Waals surface area contributed by atoms with E-state index in [-0.39, 0.29) is 0 Å². The van der Waals surface area contributed by atoms with Crippen LogP contribution in [-0.4, -0.2) is 14.6 Å². The molecule has 0 amide bonds. The van der Waals surface area contributed by atoms with Gasteiger partial charge in [-0.15, -0.1) is 5.10 Å². The molecule has 0 unspecified atom stereocenters. The van der Waals surface area contributed by atoms with Crippen molar-refractivity contribution >= 4 is 33.2 Å². The molecule has 0 spiro atoms. The van der Waals surface area contributed by atoms with Crippen LogP contribution in [0.25, 0.3) is 28.3 Å². The van der Waals surface area contributed by atoms with Gasteiger partial charge in [-0.2, -0.15) is 5.26 Å². The third kappa shape index (κ3) is 2.91. The maximum absolute atomic E-state index is 9.41. The Kier molecular flexibility index (Phi) is 4.00. The van der Waals surface area contributed by atoms with Crippen LogP contribution in [0.3, 0.4) is 0 Å². The highest BCUT2D eigenvalue weighted by molar-refractivity contribution is 9.10. The van der Waals surface area contributed by atoms with Gasteiger partial charge in [-0.25, -0.2) is 9.50 Å². The first-order valence-electron chi connectivity index (χ1n) is 7.47. The van der Waals surface area contributed by atoms with Crippen molar-refractivity contribution in [2.24, 2.45) is 0 Å². The minimum atomic E-state index is 0.472. The molecular weight excluding hydrogens is 400 g/mol. The van der Waals surface area contributed by atoms with Crippen molar-refractivity contribution in [2.45, 2.75) is 0 Å². The second kappa shape index (κ2) is 6.32. The third-order valence-corrected chi connectivity index (χ3v) is 4.54. The van der Waals surface area contributed by atoms with E-state index in [0.29, 0.717) is 22.1 Å². The zero-order valence-electron chi connectivity index (χ0n) is 12.8. The van der Waals surface area contributed by atoms with Crippen LogP contribution in [0, 0.1) is 11.3 Å². The molecule has 0 aliphatic heterocycles. The van der Waals surface area contributed by atoms with E-state index in [1.165, 1.54) is 0 Å². The van der Waals surface area contributed by atoms with Gasteiger partial charge in [-0.05, 0) is 36.4 Å². The van der Waals surface area contributed by atoms with Gasteiger partial charge in [0.15, 0.2) is 11.5 Å². The predicted molar refractivity (Wildman–Crippen MR) is 101 cm³/mol. The number of rotatable bonds is 2. The summed E-state index contributed by atoms with van der Waals surface area (Å²) in [6.45, 7) is 0. The van der Waals surface area contributed by atoms with Gasteiger partial charge in [0.1, 0.15) is 6.07 Å². The van der Waals surface area contributed by atoms with Crippen LogP contribution in [-0.2, 0) is 0 Å². The second-order valence-corrected chi connectivity index (χ2v) is 6.79. The van der Waals surface area contributed by atoms with Gasteiger partial charge in [-0.3, -0.25) is 0 Å². The lowest BCUT2D eigenvalue weighted by molar-refractivity contribution is 0.972. The maximum Gasteiger partial charge on any atom is 0.182 e. The first-order valence-corrected chi connectivity index (χ1v) is 8.64. The van der Waals surface area contributed by atoms with E-state index in [4.69, 9.17) is 11.6 Å². The van der Waals surface area contributed by atoms with Crippen LogP contribution in [0.4, 0.5) is 0 Å². The molecule has 0 radical (unpaired) electrons. The van der Waals surface area contributed by atoms with Crippen molar-refractivity contribution < 1.29 is 0 Å². The monoisotopic (exact) mass is 408 g/mol. The molecule has 0 aliphatic carbocycles. The molecule has 2 aromatic heterocycles. The molecule has 0 N–H and O–H groups in total. The highest BCUT2D eigenvalue weighted by atomic mass is 79.9. The summed E-state index contributed by atoms with van der Waals surface area (Å²) >= 11 is 9.57. The summed E-state index contributed by atoms with van der Waals surface area (Å²) in [7, 11) is 0. The minimum Gasteiger partial charge on any atom is -0.211 e. The van der Waals surface area contributed by atoms with Crippen molar-refractivity contribution in [3.63, 3.8) is 0 Å². The van der Waals surface area contributed by atoms with Crippen molar-refractivity contribution in [1.82, 2.24) is 14.6 Å². The number of pyridine rings is 1. The van der Waals surface area contributed by atoms with Crippen molar-refractivity contribution in [2.75, 3.05) is 0 Å². The Balaban J connectivity index is 1.99. The quantitative estimate of drug-likeness (QED) is 0.448. The molecule has 0 bridgehead atoms. The molecule has 4 aromatic rings. The number of nitrogens with zero attached hydrogens (tertiary/aromatic N) is 4. The maximum atomic E-state index is 9.41. The van der Waals surface area contributed by atoms with Crippen LogP contribution in [0.1, 0.15) is 5.56 Å². The Morgan fingerprint density at radius 2 is 1.80 bits per heavy atom. The average molecular weight is 410 g/mol. The summed E-state index contributed by atoms with van der Waals surface area (Å²) in [4.78, 5) is 4.56. The summed E-state index contributed by atoms with van der Waals surface area (Å²) in [5, 5.41) is 14.6. The Hall–Kier alpha value is -2.68. The van der Waals surface area contributed by atoms with Crippen molar-refractivity contribution in [3.05, 3.63) is 75.7 Å². The topological polar surface area (TPSA) is 54.0 Å². The molecule has 120 valence electrons. The average Bonchev–Trinajstić information content (AvgIpc) is 3.06. The number of hydrogen-bond donors (Lipinski definition) is 0. The molecule has 6 heteroatoms. The van der Waals surface area contributed by atoms with Gasteiger partial charge >= 0.3 is 0 Å². The lowest BCUT2D eigenvalue weighted by Crippen LogP contribution is -1.96. The van der Waals surface area contributed by atoms with E-state index >= 15 is 0 Å². The Labute approximate surface area is 157 Å². The lowest BCUT2D eigenvalue weighted by atomic mass is 10.1. The van der Waals surface area contributed by atoms with Gasteiger partial charge in [0.05, 0.1) is 11.3 Å². The van der Waals surface area contributed by atoms with Crippen LogP contribution >= 0.6 is 27.5 Å². The van der Waals surface area contributed by atoms with Crippen LogP contribution in [0.15, 0.2) is 65.1 Å².